The Kier molecular flexibility index (Phi) is 14.5. The maximum absolute atomic E-state index is 5.31. The summed E-state index contributed by atoms with van der Waals surface area (Å²) in [6, 6.07) is 0. The van der Waals surface area contributed by atoms with E-state index >= 15 is 0 Å². The van der Waals surface area contributed by atoms with Crippen molar-refractivity contribution in [3.63, 3.8) is 0 Å². The summed E-state index contributed by atoms with van der Waals surface area (Å²) in [5.41, 5.74) is 0. The van der Waals surface area contributed by atoms with Gasteiger partial charge in [0.1, 0.15) is 0 Å². The topological polar surface area (TPSA) is 18.5 Å². The van der Waals surface area contributed by atoms with Crippen LogP contribution in [-0.4, -0.2) is 41.2 Å². The molecule has 0 saturated carbocycles. The molecule has 0 aromatic rings. The first-order valence-electron chi connectivity index (χ1n) is 3.87. The fourth-order valence-corrected chi connectivity index (χ4v) is 1.09. The van der Waals surface area contributed by atoms with E-state index in [0.717, 1.165) is 24.2 Å². The van der Waals surface area contributed by atoms with Gasteiger partial charge in [0.2, 0.25) is 0 Å². The quantitative estimate of drug-likeness (QED) is 0.370. The predicted octanol–water partition coefficient (Wildman–Crippen LogP) is -1.63. The number of halogens is 1. The zero-order valence-corrected chi connectivity index (χ0v) is 9.48. The molecule has 0 radical (unpaired) electrons. The van der Waals surface area contributed by atoms with E-state index in [0.29, 0.717) is 0 Å². The predicted molar refractivity (Wildman–Crippen MR) is 42.2 cm³/mol. The van der Waals surface area contributed by atoms with Crippen LogP contribution in [0.4, 0.5) is 0 Å². The molecule has 11 heavy (non-hydrogen) atoms. The van der Waals surface area contributed by atoms with Crippen molar-refractivity contribution in [2.24, 2.45) is 0 Å². The zero-order chi connectivity index (χ0) is 7.82. The molecule has 0 fully saturated rings. The maximum atomic E-state index is 5.31. The molecule has 4 heteroatoms. The van der Waals surface area contributed by atoms with Crippen molar-refractivity contribution in [1.29, 1.82) is 0 Å². The Morgan fingerprint density at radius 2 is 1.64 bits per heavy atom. The molecule has 0 aromatic carbocycles. The Morgan fingerprint density at radius 1 is 1.18 bits per heavy atom. The largest absolute Gasteiger partial charge is 1.00 e. The van der Waals surface area contributed by atoms with Crippen LogP contribution in [0.3, 0.4) is 0 Å². The molecule has 0 rings (SSSR count). The second kappa shape index (κ2) is 11.0. The Bertz CT molecular complexity index is 59.2. The van der Waals surface area contributed by atoms with Crippen LogP contribution in [0.25, 0.3) is 0 Å². The molecule has 0 bridgehead atoms. The Hall–Kier alpha value is 0.976. The Balaban J connectivity index is 0. The summed E-state index contributed by atoms with van der Waals surface area (Å²) < 4.78 is 11.8. The number of hydrogen-bond acceptors (Lipinski definition) is 2. The molecule has 0 N–H and O–H groups in total. The van der Waals surface area contributed by atoms with Gasteiger partial charge in [0, 0.05) is 0 Å². The summed E-state index contributed by atoms with van der Waals surface area (Å²) in [7, 11) is 0. The van der Waals surface area contributed by atoms with E-state index in [2.05, 4.69) is 0 Å². The third-order valence-corrected chi connectivity index (χ3v) is 1.55. The molecule has 0 atom stereocenters. The van der Waals surface area contributed by atoms with Gasteiger partial charge in [0.05, 0.1) is 0 Å². The zero-order valence-electron chi connectivity index (χ0n) is 7.31. The molecular weight excluding hydrogens is 176 g/mol. The van der Waals surface area contributed by atoms with Gasteiger partial charge in [-0.1, -0.05) is 0 Å². The monoisotopic (exact) mass is 190 g/mol. The van der Waals surface area contributed by atoms with Gasteiger partial charge in [0.25, 0.3) is 0 Å². The van der Waals surface area contributed by atoms with Crippen molar-refractivity contribution in [3.05, 3.63) is 0 Å². The number of ether oxygens (including phenoxy) is 2. The molecule has 0 aromatic heterocycles. The van der Waals surface area contributed by atoms with Gasteiger partial charge in [0.15, 0.2) is 0 Å². The van der Waals surface area contributed by atoms with Crippen LogP contribution < -0.4 is 12.4 Å². The van der Waals surface area contributed by atoms with Crippen molar-refractivity contribution in [1.82, 2.24) is 0 Å². The van der Waals surface area contributed by atoms with Crippen LogP contribution in [-0.2, 0) is 9.47 Å². The third-order valence-electron chi connectivity index (χ3n) is 1.14. The van der Waals surface area contributed by atoms with Crippen molar-refractivity contribution in [3.8, 4) is 0 Å². The first kappa shape index (κ1) is 14.5. The average Bonchev–Trinajstić information content (AvgIpc) is 1.90. The van der Waals surface area contributed by atoms with Crippen molar-refractivity contribution in [2.75, 3.05) is 13.2 Å². The van der Waals surface area contributed by atoms with Gasteiger partial charge in [-0.3, -0.25) is 0 Å². The normalized spacial score (nSPS) is 9.91. The summed E-state index contributed by atoms with van der Waals surface area (Å²) in [5, 5.41) is 0. The fourth-order valence-electron chi connectivity index (χ4n) is 0.753. The number of rotatable bonds is 6. The van der Waals surface area contributed by atoms with E-state index in [4.69, 9.17) is 9.47 Å². The van der Waals surface area contributed by atoms with E-state index in [1.54, 1.807) is 0 Å². The van der Waals surface area contributed by atoms with Crippen LogP contribution in [0.5, 0.6) is 0 Å². The molecule has 0 spiro atoms. The number of hydrogen-bond donors (Lipinski definition) is 0. The standard InChI is InChI=1S/C7H15O2.ClH.Mg/c1-4-7(8-5-2)9-6-3;;/h7H,1,4-6H2,2-3H3;1H;/q;;+1/p-1. The SMILES string of the molecule is CCOC(C[CH2][Mg+])OCC.[Cl-]. The van der Waals surface area contributed by atoms with E-state index in [1.165, 1.54) is 0 Å². The van der Waals surface area contributed by atoms with E-state index in [9.17, 15) is 0 Å². The minimum atomic E-state index is 0. The minimum absolute atomic E-state index is 0. The van der Waals surface area contributed by atoms with Crippen molar-refractivity contribution < 1.29 is 21.9 Å². The van der Waals surface area contributed by atoms with Gasteiger partial charge in [-0.15, -0.1) is 0 Å². The fraction of sp³-hybridized carbons (Fsp3) is 1.00. The summed E-state index contributed by atoms with van der Waals surface area (Å²) in [6.45, 7) is 5.47. The van der Waals surface area contributed by atoms with Crippen LogP contribution in [0, 0.1) is 0 Å². The van der Waals surface area contributed by atoms with Gasteiger partial charge < -0.3 is 12.4 Å². The molecule has 0 unspecified atom stereocenters. The van der Waals surface area contributed by atoms with Crippen molar-refractivity contribution >= 4 is 21.7 Å². The van der Waals surface area contributed by atoms with Crippen LogP contribution in [0.1, 0.15) is 20.3 Å². The van der Waals surface area contributed by atoms with Gasteiger partial charge in [-0.05, 0) is 0 Å². The summed E-state index contributed by atoms with van der Waals surface area (Å²) >= 11 is 1.95. The van der Waals surface area contributed by atoms with Crippen molar-refractivity contribution in [2.45, 2.75) is 31.1 Å². The van der Waals surface area contributed by atoms with Gasteiger partial charge in [-0.25, -0.2) is 0 Å². The molecule has 64 valence electrons. The Morgan fingerprint density at radius 3 is 1.91 bits per heavy atom. The second-order valence-corrected chi connectivity index (χ2v) is 2.69. The summed E-state index contributed by atoms with van der Waals surface area (Å²) in [4.78, 5) is 0. The van der Waals surface area contributed by atoms with Crippen LogP contribution in [0.15, 0.2) is 0 Å². The molecule has 0 heterocycles. The minimum Gasteiger partial charge on any atom is -1.00 e. The van der Waals surface area contributed by atoms with E-state index in [1.807, 2.05) is 35.6 Å². The molecule has 0 amide bonds. The third kappa shape index (κ3) is 8.89. The van der Waals surface area contributed by atoms with E-state index < -0.39 is 0 Å². The van der Waals surface area contributed by atoms with Gasteiger partial charge in [-0.2, -0.15) is 0 Å². The van der Waals surface area contributed by atoms with Crippen LogP contribution in [0.2, 0.25) is 4.55 Å². The smallest absolute Gasteiger partial charge is 1.00 e. The molecule has 0 saturated heterocycles. The summed E-state index contributed by atoms with van der Waals surface area (Å²) in [6.07, 6.45) is 1.05. The average molecular weight is 191 g/mol. The Labute approximate surface area is 87.9 Å². The first-order valence-corrected chi connectivity index (χ1v) is 4.87. The summed E-state index contributed by atoms with van der Waals surface area (Å²) in [5.74, 6) is 0. The molecule has 0 aliphatic heterocycles. The first-order chi connectivity index (χ1) is 4.85. The van der Waals surface area contributed by atoms with E-state index in [-0.39, 0.29) is 18.7 Å². The molecule has 0 aliphatic rings. The van der Waals surface area contributed by atoms with Gasteiger partial charge >= 0.3 is 75.5 Å². The molecular formula is C7H15ClMgO2. The maximum Gasteiger partial charge on any atom is -1.00 e. The molecule has 0 aliphatic carbocycles. The second-order valence-electron chi connectivity index (χ2n) is 1.98. The molecule has 2 nitrogen and oxygen atoms in total. The van der Waals surface area contributed by atoms with Crippen LogP contribution >= 0.6 is 0 Å².